The fourth-order valence-corrected chi connectivity index (χ4v) is 6.78. The van der Waals surface area contributed by atoms with Crippen molar-refractivity contribution in [3.05, 3.63) is 89.5 Å². The Balaban J connectivity index is 1.38. The first-order valence-corrected chi connectivity index (χ1v) is 14.3. The molecule has 1 aliphatic heterocycles. The first kappa shape index (κ1) is 24.5. The third kappa shape index (κ3) is 5.63. The summed E-state index contributed by atoms with van der Waals surface area (Å²) in [5.41, 5.74) is 4.56. The van der Waals surface area contributed by atoms with Crippen LogP contribution in [0.25, 0.3) is 0 Å². The topological polar surface area (TPSA) is 78.5 Å². The molecule has 1 aliphatic carbocycles. The number of amides is 1. The van der Waals surface area contributed by atoms with Crippen molar-refractivity contribution in [1.82, 2.24) is 4.72 Å². The van der Waals surface area contributed by atoms with Crippen LogP contribution >= 0.6 is 0 Å². The lowest BCUT2D eigenvalue weighted by molar-refractivity contribution is -0.116. The number of nitrogens with one attached hydrogen (secondary N) is 2. The quantitative estimate of drug-likeness (QED) is 0.442. The number of nitrogens with zero attached hydrogens (tertiary/aromatic N) is 1. The van der Waals surface area contributed by atoms with Crippen LogP contribution in [0.5, 0.6) is 0 Å². The Bertz CT molecular complexity index is 1320. The Hall–Kier alpha value is -3.16. The number of carbonyl (C=O) groups excluding carboxylic acids is 1. The van der Waals surface area contributed by atoms with Gasteiger partial charge in [0.15, 0.2) is 0 Å². The standard InChI is InChI=1S/C29H33N3O3S/c33-29(18-15-22-9-2-1-3-10-22)30-24-16-17-27(32-19-6-7-20-32)28(21-24)36(34,35)31-26-14-8-12-23-11-4-5-13-25(23)26/h1-5,9-11,13,16-17,21,26,31H,6-8,12,14-15,18-20H2,(H,30,33). The van der Waals surface area contributed by atoms with Crippen LogP contribution < -0.4 is 14.9 Å². The Labute approximate surface area is 213 Å². The molecule has 1 fully saturated rings. The molecule has 0 radical (unpaired) electrons. The Morgan fingerprint density at radius 1 is 0.917 bits per heavy atom. The molecular formula is C29H33N3O3S. The van der Waals surface area contributed by atoms with E-state index in [0.29, 0.717) is 24.2 Å². The highest BCUT2D eigenvalue weighted by molar-refractivity contribution is 7.89. The molecule has 2 N–H and O–H groups in total. The highest BCUT2D eigenvalue weighted by atomic mass is 32.2. The van der Waals surface area contributed by atoms with Gasteiger partial charge in [0.2, 0.25) is 15.9 Å². The van der Waals surface area contributed by atoms with E-state index < -0.39 is 10.0 Å². The van der Waals surface area contributed by atoms with E-state index in [1.807, 2.05) is 60.7 Å². The lowest BCUT2D eigenvalue weighted by Crippen LogP contribution is -2.32. The average molecular weight is 504 g/mol. The Kier molecular flexibility index (Phi) is 7.39. The second-order valence-corrected chi connectivity index (χ2v) is 11.4. The first-order chi connectivity index (χ1) is 17.5. The third-order valence-corrected chi connectivity index (χ3v) is 8.63. The van der Waals surface area contributed by atoms with Crippen LogP contribution in [0.3, 0.4) is 0 Å². The van der Waals surface area contributed by atoms with E-state index in [1.54, 1.807) is 6.07 Å². The molecule has 0 spiro atoms. The molecule has 188 valence electrons. The zero-order valence-electron chi connectivity index (χ0n) is 20.4. The lowest BCUT2D eigenvalue weighted by Gasteiger charge is -2.28. The van der Waals surface area contributed by atoms with Gasteiger partial charge in [0, 0.05) is 31.2 Å². The first-order valence-electron chi connectivity index (χ1n) is 12.8. The number of sulfonamides is 1. The smallest absolute Gasteiger partial charge is 0.243 e. The molecule has 6 nitrogen and oxygen atoms in total. The van der Waals surface area contributed by atoms with Crippen molar-refractivity contribution in [2.24, 2.45) is 0 Å². The van der Waals surface area contributed by atoms with Gasteiger partial charge in [0.05, 0.1) is 5.69 Å². The van der Waals surface area contributed by atoms with Crippen molar-refractivity contribution < 1.29 is 13.2 Å². The number of hydrogen-bond donors (Lipinski definition) is 2. The Morgan fingerprint density at radius 2 is 1.67 bits per heavy atom. The van der Waals surface area contributed by atoms with E-state index in [4.69, 9.17) is 0 Å². The van der Waals surface area contributed by atoms with Crippen molar-refractivity contribution in [3.8, 4) is 0 Å². The summed E-state index contributed by atoms with van der Waals surface area (Å²) in [7, 11) is -3.83. The SMILES string of the molecule is O=C(CCc1ccccc1)Nc1ccc(N2CCCC2)c(S(=O)(=O)NC2CCCc3ccccc32)c1. The minimum absolute atomic E-state index is 0.134. The van der Waals surface area contributed by atoms with Crippen LogP contribution in [0.15, 0.2) is 77.7 Å². The monoisotopic (exact) mass is 503 g/mol. The van der Waals surface area contributed by atoms with E-state index in [-0.39, 0.29) is 16.8 Å². The van der Waals surface area contributed by atoms with Crippen molar-refractivity contribution in [2.45, 2.75) is 55.9 Å². The van der Waals surface area contributed by atoms with Crippen LogP contribution in [-0.2, 0) is 27.7 Å². The minimum atomic E-state index is -3.83. The summed E-state index contributed by atoms with van der Waals surface area (Å²) >= 11 is 0. The molecule has 1 amide bonds. The zero-order chi connectivity index (χ0) is 25.0. The molecule has 3 aromatic carbocycles. The van der Waals surface area contributed by atoms with E-state index in [0.717, 1.165) is 56.3 Å². The minimum Gasteiger partial charge on any atom is -0.370 e. The van der Waals surface area contributed by atoms with Gasteiger partial charge in [-0.05, 0) is 73.4 Å². The van der Waals surface area contributed by atoms with Gasteiger partial charge >= 0.3 is 0 Å². The summed E-state index contributed by atoms with van der Waals surface area (Å²) < 4.78 is 30.6. The van der Waals surface area contributed by atoms with Gasteiger partial charge in [0.1, 0.15) is 4.90 Å². The second kappa shape index (κ2) is 10.8. The van der Waals surface area contributed by atoms with Crippen LogP contribution in [0, 0.1) is 0 Å². The third-order valence-electron chi connectivity index (χ3n) is 7.13. The summed E-state index contributed by atoms with van der Waals surface area (Å²) in [6, 6.07) is 22.9. The number of carbonyl (C=O) groups is 1. The maximum absolute atomic E-state index is 13.8. The molecule has 36 heavy (non-hydrogen) atoms. The zero-order valence-corrected chi connectivity index (χ0v) is 21.3. The molecule has 1 heterocycles. The largest absolute Gasteiger partial charge is 0.370 e. The number of aryl methyl sites for hydroxylation is 2. The van der Waals surface area contributed by atoms with Crippen molar-refractivity contribution >= 4 is 27.3 Å². The summed E-state index contributed by atoms with van der Waals surface area (Å²) in [6.45, 7) is 1.66. The van der Waals surface area contributed by atoms with E-state index >= 15 is 0 Å². The summed E-state index contributed by atoms with van der Waals surface area (Å²) in [6.07, 6.45) is 5.73. The highest BCUT2D eigenvalue weighted by Crippen LogP contribution is 2.35. The van der Waals surface area contributed by atoms with Gasteiger partial charge in [-0.3, -0.25) is 4.79 Å². The molecule has 1 atom stereocenters. The molecule has 0 bridgehead atoms. The predicted octanol–water partition coefficient (Wildman–Crippen LogP) is 5.21. The maximum Gasteiger partial charge on any atom is 0.243 e. The number of anilines is 2. The fourth-order valence-electron chi connectivity index (χ4n) is 5.28. The van der Waals surface area contributed by atoms with E-state index in [1.165, 1.54) is 5.56 Å². The van der Waals surface area contributed by atoms with Gasteiger partial charge in [0.25, 0.3) is 0 Å². The van der Waals surface area contributed by atoms with Gasteiger partial charge < -0.3 is 10.2 Å². The highest BCUT2D eigenvalue weighted by Gasteiger charge is 2.29. The fraction of sp³-hybridized carbons (Fsp3) is 0.345. The summed E-state index contributed by atoms with van der Waals surface area (Å²) in [5, 5.41) is 2.91. The van der Waals surface area contributed by atoms with Crippen molar-refractivity contribution in [3.63, 3.8) is 0 Å². The molecule has 0 aromatic heterocycles. The predicted molar refractivity (Wildman–Crippen MR) is 144 cm³/mol. The molecule has 2 aliphatic rings. The van der Waals surface area contributed by atoms with Gasteiger partial charge in [-0.2, -0.15) is 0 Å². The maximum atomic E-state index is 13.8. The van der Waals surface area contributed by atoms with Crippen LogP contribution in [0.2, 0.25) is 0 Å². The normalized spacial score (nSPS) is 17.6. The average Bonchev–Trinajstić information content (AvgIpc) is 3.43. The molecular weight excluding hydrogens is 470 g/mol. The second-order valence-electron chi connectivity index (χ2n) is 9.68. The van der Waals surface area contributed by atoms with Gasteiger partial charge in [-0.1, -0.05) is 54.6 Å². The molecule has 0 saturated carbocycles. The molecule has 7 heteroatoms. The van der Waals surface area contributed by atoms with Crippen molar-refractivity contribution in [1.29, 1.82) is 0 Å². The number of hydrogen-bond acceptors (Lipinski definition) is 4. The molecule has 5 rings (SSSR count). The molecule has 1 unspecified atom stereocenters. The molecule has 3 aromatic rings. The lowest BCUT2D eigenvalue weighted by atomic mass is 9.88. The van der Waals surface area contributed by atoms with Crippen LogP contribution in [0.1, 0.15) is 54.8 Å². The number of rotatable bonds is 8. The summed E-state index contributed by atoms with van der Waals surface area (Å²) in [4.78, 5) is 15.0. The number of fused-ring (bicyclic) bond motifs is 1. The number of benzene rings is 3. The van der Waals surface area contributed by atoms with E-state index in [9.17, 15) is 13.2 Å². The van der Waals surface area contributed by atoms with Crippen LogP contribution in [0.4, 0.5) is 11.4 Å². The van der Waals surface area contributed by atoms with Crippen molar-refractivity contribution in [2.75, 3.05) is 23.3 Å². The van der Waals surface area contributed by atoms with Crippen LogP contribution in [-0.4, -0.2) is 27.4 Å². The molecule has 1 saturated heterocycles. The summed E-state index contributed by atoms with van der Waals surface area (Å²) in [5.74, 6) is -0.134. The van der Waals surface area contributed by atoms with E-state index in [2.05, 4.69) is 21.0 Å². The Morgan fingerprint density at radius 3 is 2.47 bits per heavy atom. The van der Waals surface area contributed by atoms with Gasteiger partial charge in [-0.15, -0.1) is 0 Å². The van der Waals surface area contributed by atoms with Gasteiger partial charge in [-0.25, -0.2) is 13.1 Å².